The van der Waals surface area contributed by atoms with Crippen LogP contribution in [-0.2, 0) is 4.79 Å². The summed E-state index contributed by atoms with van der Waals surface area (Å²) in [5, 5.41) is 1.99. The van der Waals surface area contributed by atoms with E-state index < -0.39 is 15.6 Å². The number of alkyl halides is 3. The number of imide groups is 1. The van der Waals surface area contributed by atoms with Gasteiger partial charge in [-0.1, -0.05) is 53.0 Å². The molecule has 0 atom stereocenters. The van der Waals surface area contributed by atoms with Crippen molar-refractivity contribution < 1.29 is 14.0 Å². The Hall–Kier alpha value is -1.76. The van der Waals surface area contributed by atoms with Gasteiger partial charge in [0.2, 0.25) is 5.88 Å². The highest BCUT2D eigenvalue weighted by molar-refractivity contribution is 6.76. The van der Waals surface area contributed by atoms with Crippen LogP contribution in [0.3, 0.4) is 0 Å². The minimum atomic E-state index is -2.25. The fraction of sp³-hybridized carbons (Fsp3) is 0.267. The van der Waals surface area contributed by atoms with Crippen LogP contribution in [0, 0.1) is 0 Å². The Labute approximate surface area is 153 Å². The summed E-state index contributed by atoms with van der Waals surface area (Å²) in [6, 6.07) is 9.25. The molecule has 128 valence electrons. The first-order valence-corrected chi connectivity index (χ1v) is 8.05. The van der Waals surface area contributed by atoms with Gasteiger partial charge in [0.25, 0.3) is 15.6 Å². The van der Waals surface area contributed by atoms with Crippen LogP contribution in [0.25, 0.3) is 0 Å². The molecule has 1 aromatic heterocycles. The van der Waals surface area contributed by atoms with Crippen LogP contribution >= 0.6 is 34.8 Å². The van der Waals surface area contributed by atoms with Crippen molar-refractivity contribution in [3.05, 3.63) is 42.4 Å². The van der Waals surface area contributed by atoms with Crippen molar-refractivity contribution in [3.8, 4) is 0 Å². The number of hydrogen-bond acceptors (Lipinski definition) is 5. The molecule has 0 fully saturated rings. The number of oxazole rings is 1. The first kappa shape index (κ1) is 18.6. The maximum absolute atomic E-state index is 12.3. The smallest absolute Gasteiger partial charge is 0.282 e. The van der Waals surface area contributed by atoms with Crippen LogP contribution in [-0.4, -0.2) is 26.6 Å². The number of carbonyl (C=O) groups excluding carboxylic acids is 2. The van der Waals surface area contributed by atoms with E-state index in [-0.39, 0.29) is 17.6 Å². The molecule has 1 aromatic carbocycles. The number of aromatic nitrogens is 1. The lowest BCUT2D eigenvalue weighted by Gasteiger charge is -2.26. The number of amides is 2. The molecule has 0 aliphatic rings. The molecule has 1 N–H and O–H groups in total. The van der Waals surface area contributed by atoms with Crippen molar-refractivity contribution in [3.63, 3.8) is 0 Å². The van der Waals surface area contributed by atoms with Gasteiger partial charge in [-0.15, -0.1) is 0 Å². The van der Waals surface area contributed by atoms with Crippen LogP contribution in [0.15, 0.2) is 41.1 Å². The molecular formula is C15H14Cl3N3O3. The van der Waals surface area contributed by atoms with Gasteiger partial charge in [-0.05, 0) is 26.0 Å². The summed E-state index contributed by atoms with van der Waals surface area (Å²) in [4.78, 5) is 29.6. The third kappa shape index (κ3) is 4.20. The second-order valence-corrected chi connectivity index (χ2v) is 7.37. The van der Waals surface area contributed by atoms with Crippen LogP contribution in [0.5, 0.6) is 0 Å². The number of benzene rings is 1. The predicted molar refractivity (Wildman–Crippen MR) is 93.0 cm³/mol. The van der Waals surface area contributed by atoms with Gasteiger partial charge < -0.3 is 9.32 Å². The molecule has 2 rings (SSSR count). The van der Waals surface area contributed by atoms with Gasteiger partial charge in [0.05, 0.1) is 0 Å². The largest absolute Gasteiger partial charge is 0.427 e. The lowest BCUT2D eigenvalue weighted by atomic mass is 10.2. The summed E-state index contributed by atoms with van der Waals surface area (Å²) >= 11 is 16.4. The van der Waals surface area contributed by atoms with Gasteiger partial charge >= 0.3 is 0 Å². The molecule has 0 saturated carbocycles. The Balaban J connectivity index is 2.34. The maximum atomic E-state index is 12.3. The zero-order valence-corrected chi connectivity index (χ0v) is 15.1. The zero-order chi connectivity index (χ0) is 17.9. The van der Waals surface area contributed by atoms with Gasteiger partial charge in [0, 0.05) is 11.7 Å². The normalized spacial score (nSPS) is 11.4. The summed E-state index contributed by atoms with van der Waals surface area (Å²) < 4.78 is 3.12. The average Bonchev–Trinajstić information content (AvgIpc) is 2.96. The summed E-state index contributed by atoms with van der Waals surface area (Å²) in [5.74, 6) is -1.70. The number of rotatable bonds is 4. The zero-order valence-electron chi connectivity index (χ0n) is 12.8. The van der Waals surface area contributed by atoms with E-state index >= 15 is 0 Å². The average molecular weight is 391 g/mol. The molecule has 2 aromatic rings. The molecule has 0 saturated heterocycles. The van der Waals surface area contributed by atoms with Crippen molar-refractivity contribution >= 4 is 58.2 Å². The molecule has 0 aliphatic heterocycles. The molecule has 0 unspecified atom stereocenters. The van der Waals surface area contributed by atoms with Gasteiger partial charge in [-0.3, -0.25) is 14.9 Å². The van der Waals surface area contributed by atoms with E-state index in [4.69, 9.17) is 39.2 Å². The molecular weight excluding hydrogens is 377 g/mol. The fourth-order valence-electron chi connectivity index (χ4n) is 2.04. The molecule has 0 radical (unpaired) electrons. The number of carbonyl (C=O) groups is 2. The molecule has 24 heavy (non-hydrogen) atoms. The number of nitrogens with one attached hydrogen (secondary N) is 1. The van der Waals surface area contributed by atoms with Gasteiger partial charge in [0.1, 0.15) is 0 Å². The second-order valence-electron chi connectivity index (χ2n) is 5.09. The van der Waals surface area contributed by atoms with E-state index in [0.29, 0.717) is 0 Å². The Morgan fingerprint density at radius 3 is 2.38 bits per heavy atom. The Kier molecular flexibility index (Phi) is 5.74. The van der Waals surface area contributed by atoms with Crippen LogP contribution in [0.1, 0.15) is 24.3 Å². The van der Waals surface area contributed by atoms with E-state index in [1.807, 2.05) is 49.5 Å². The lowest BCUT2D eigenvalue weighted by Crippen LogP contribution is -2.39. The van der Waals surface area contributed by atoms with Gasteiger partial charge in [0.15, 0.2) is 12.1 Å². The lowest BCUT2D eigenvalue weighted by molar-refractivity contribution is -0.119. The quantitative estimate of drug-likeness (QED) is 0.803. The van der Waals surface area contributed by atoms with E-state index in [9.17, 15) is 9.59 Å². The van der Waals surface area contributed by atoms with Crippen LogP contribution in [0.4, 0.5) is 11.6 Å². The molecule has 0 spiro atoms. The number of hydrogen-bond donors (Lipinski definition) is 1. The third-order valence-corrected chi connectivity index (χ3v) is 3.53. The maximum Gasteiger partial charge on any atom is 0.282 e. The van der Waals surface area contributed by atoms with Crippen molar-refractivity contribution in [1.29, 1.82) is 0 Å². The van der Waals surface area contributed by atoms with Crippen molar-refractivity contribution in [2.24, 2.45) is 0 Å². The third-order valence-electron chi connectivity index (χ3n) is 3.02. The molecule has 0 bridgehead atoms. The number of anilines is 2. The Morgan fingerprint density at radius 1 is 1.21 bits per heavy atom. The summed E-state index contributed by atoms with van der Waals surface area (Å²) in [6.07, 6.45) is 1.11. The SMILES string of the molecule is CC(C)N(c1ccccc1)c1ocnc1C(=O)NC(=O)C(Cl)(Cl)Cl. The summed E-state index contributed by atoms with van der Waals surface area (Å²) in [6.45, 7) is 3.84. The predicted octanol–water partition coefficient (Wildman–Crippen LogP) is 3.85. The standard InChI is InChI=1S/C15H14Cl3N3O3/c1-9(2)21(10-6-4-3-5-7-10)13-11(19-8-24-13)12(22)20-14(23)15(16,17)18/h3-9H,1-2H3,(H,20,22,23). The van der Waals surface area contributed by atoms with E-state index in [1.165, 1.54) is 0 Å². The van der Waals surface area contributed by atoms with Gasteiger partial charge in [-0.2, -0.15) is 0 Å². The molecule has 0 aliphatic carbocycles. The van der Waals surface area contributed by atoms with Crippen LogP contribution < -0.4 is 10.2 Å². The Morgan fingerprint density at radius 2 is 1.83 bits per heavy atom. The first-order valence-electron chi connectivity index (χ1n) is 6.92. The van der Waals surface area contributed by atoms with Crippen LogP contribution in [0.2, 0.25) is 0 Å². The Bertz CT molecular complexity index is 726. The molecule has 2 amide bonds. The van der Waals surface area contributed by atoms with E-state index in [2.05, 4.69) is 4.98 Å². The summed E-state index contributed by atoms with van der Waals surface area (Å²) in [7, 11) is 0. The minimum absolute atomic E-state index is 0.0456. The summed E-state index contributed by atoms with van der Waals surface area (Å²) in [5.41, 5.74) is 0.709. The molecule has 9 heteroatoms. The highest BCUT2D eigenvalue weighted by atomic mass is 35.6. The highest BCUT2D eigenvalue weighted by Crippen LogP contribution is 2.31. The van der Waals surface area contributed by atoms with E-state index in [0.717, 1.165) is 12.1 Å². The van der Waals surface area contributed by atoms with Gasteiger partial charge in [-0.25, -0.2) is 4.98 Å². The monoisotopic (exact) mass is 389 g/mol. The fourth-order valence-corrected chi connectivity index (χ4v) is 2.18. The number of nitrogens with zero attached hydrogens (tertiary/aromatic N) is 2. The van der Waals surface area contributed by atoms with E-state index in [1.54, 1.807) is 4.90 Å². The molecule has 6 nitrogen and oxygen atoms in total. The second kappa shape index (κ2) is 7.42. The highest BCUT2D eigenvalue weighted by Gasteiger charge is 2.34. The minimum Gasteiger partial charge on any atom is -0.427 e. The number of halogens is 3. The van der Waals surface area contributed by atoms with Crippen molar-refractivity contribution in [2.75, 3.05) is 4.90 Å². The van der Waals surface area contributed by atoms with Crippen molar-refractivity contribution in [1.82, 2.24) is 10.3 Å². The molecule has 1 heterocycles. The topological polar surface area (TPSA) is 75.4 Å². The number of para-hydroxylation sites is 1. The van der Waals surface area contributed by atoms with Crippen molar-refractivity contribution in [2.45, 2.75) is 23.7 Å². The first-order chi connectivity index (χ1) is 11.2.